The number of halogens is 1. The summed E-state index contributed by atoms with van der Waals surface area (Å²) < 4.78 is 8.73. The fraction of sp³-hybridized carbons (Fsp3) is 0.571. The van der Waals surface area contributed by atoms with Gasteiger partial charge in [-0.3, -0.25) is 4.90 Å². The molecule has 0 saturated carbocycles. The highest BCUT2D eigenvalue weighted by molar-refractivity contribution is 9.10. The second-order valence-electron chi connectivity index (χ2n) is 5.50. The maximum Gasteiger partial charge on any atom is 0.316 e. The number of aryl methyl sites for hydroxylation is 1. The van der Waals surface area contributed by atoms with E-state index in [2.05, 4.69) is 41.0 Å². The van der Waals surface area contributed by atoms with Crippen LogP contribution in [0.1, 0.15) is 24.5 Å². The molecular formula is C14H19BrN6O. The number of likely N-dealkylation sites (tertiary alicyclic amines) is 1. The maximum atomic E-state index is 5.83. The zero-order valence-electron chi connectivity index (χ0n) is 12.7. The van der Waals surface area contributed by atoms with Gasteiger partial charge in [-0.2, -0.15) is 0 Å². The largest absolute Gasteiger partial charge is 0.460 e. The van der Waals surface area contributed by atoms with Crippen molar-refractivity contribution in [1.82, 2.24) is 29.6 Å². The molecule has 0 unspecified atom stereocenters. The van der Waals surface area contributed by atoms with Crippen molar-refractivity contribution in [2.45, 2.75) is 32.4 Å². The van der Waals surface area contributed by atoms with Crippen LogP contribution in [0.5, 0.6) is 6.01 Å². The summed E-state index contributed by atoms with van der Waals surface area (Å²) in [5.74, 6) is 1.95. The molecule has 1 aliphatic heterocycles. The van der Waals surface area contributed by atoms with Crippen LogP contribution in [0, 0.1) is 6.92 Å². The average molecular weight is 367 g/mol. The average Bonchev–Trinajstić information content (AvgIpc) is 2.84. The number of aromatic nitrogens is 5. The molecule has 118 valence electrons. The predicted molar refractivity (Wildman–Crippen MR) is 84.4 cm³/mol. The van der Waals surface area contributed by atoms with Crippen LogP contribution in [0.25, 0.3) is 0 Å². The van der Waals surface area contributed by atoms with Gasteiger partial charge in [0.25, 0.3) is 0 Å². The number of nitrogens with zero attached hydrogens (tertiary/aromatic N) is 6. The normalized spacial score (nSPS) is 16.9. The first-order chi connectivity index (χ1) is 10.6. The van der Waals surface area contributed by atoms with E-state index in [1.54, 1.807) is 12.4 Å². The van der Waals surface area contributed by atoms with Crippen LogP contribution in [-0.4, -0.2) is 48.8 Å². The van der Waals surface area contributed by atoms with Crippen molar-refractivity contribution in [3.8, 4) is 6.01 Å². The highest BCUT2D eigenvalue weighted by Crippen LogP contribution is 2.18. The van der Waals surface area contributed by atoms with E-state index in [1.807, 2.05) is 18.5 Å². The van der Waals surface area contributed by atoms with Gasteiger partial charge in [0.05, 0.1) is 11.0 Å². The smallest absolute Gasteiger partial charge is 0.316 e. The molecule has 0 aromatic carbocycles. The molecule has 0 atom stereocenters. The molecule has 2 aromatic rings. The lowest BCUT2D eigenvalue weighted by molar-refractivity contribution is 0.0874. The Morgan fingerprint density at radius 2 is 1.91 bits per heavy atom. The Hall–Kier alpha value is -1.54. The molecule has 3 heterocycles. The molecule has 0 amide bonds. The minimum absolute atomic E-state index is 0.179. The van der Waals surface area contributed by atoms with Crippen molar-refractivity contribution in [2.75, 3.05) is 13.1 Å². The van der Waals surface area contributed by atoms with Crippen molar-refractivity contribution in [2.24, 2.45) is 7.05 Å². The van der Waals surface area contributed by atoms with Crippen molar-refractivity contribution < 1.29 is 4.74 Å². The quantitative estimate of drug-likeness (QED) is 0.820. The van der Waals surface area contributed by atoms with E-state index >= 15 is 0 Å². The summed E-state index contributed by atoms with van der Waals surface area (Å²) in [4.78, 5) is 10.7. The van der Waals surface area contributed by atoms with Crippen molar-refractivity contribution >= 4 is 15.9 Å². The molecule has 0 N–H and O–H groups in total. The molecule has 1 aliphatic rings. The Balaban J connectivity index is 1.50. The summed E-state index contributed by atoms with van der Waals surface area (Å²) in [6.07, 6.45) is 5.52. The van der Waals surface area contributed by atoms with E-state index in [9.17, 15) is 0 Å². The zero-order valence-corrected chi connectivity index (χ0v) is 14.3. The summed E-state index contributed by atoms with van der Waals surface area (Å²) in [5.41, 5.74) is 0. The van der Waals surface area contributed by atoms with Crippen LogP contribution in [0.4, 0.5) is 0 Å². The Kier molecular flexibility index (Phi) is 4.68. The van der Waals surface area contributed by atoms with E-state index in [0.717, 1.165) is 48.6 Å². The summed E-state index contributed by atoms with van der Waals surface area (Å²) in [7, 11) is 2.01. The molecule has 0 radical (unpaired) electrons. The van der Waals surface area contributed by atoms with Crippen LogP contribution in [0.3, 0.4) is 0 Å². The van der Waals surface area contributed by atoms with Gasteiger partial charge >= 0.3 is 6.01 Å². The Labute approximate surface area is 137 Å². The minimum Gasteiger partial charge on any atom is -0.460 e. The Bertz CT molecular complexity index is 621. The number of rotatable bonds is 4. The van der Waals surface area contributed by atoms with E-state index in [1.165, 1.54) is 0 Å². The number of piperidine rings is 1. The lowest BCUT2D eigenvalue weighted by Gasteiger charge is -2.31. The topological polar surface area (TPSA) is 69.0 Å². The van der Waals surface area contributed by atoms with Crippen LogP contribution < -0.4 is 4.74 Å². The molecule has 8 heteroatoms. The molecule has 1 fully saturated rings. The third-order valence-electron chi connectivity index (χ3n) is 3.95. The second-order valence-corrected chi connectivity index (χ2v) is 6.42. The van der Waals surface area contributed by atoms with Gasteiger partial charge in [-0.25, -0.2) is 9.97 Å². The molecular weight excluding hydrogens is 348 g/mol. The lowest BCUT2D eigenvalue weighted by Crippen LogP contribution is -2.38. The zero-order chi connectivity index (χ0) is 15.5. The van der Waals surface area contributed by atoms with Gasteiger partial charge in [-0.1, -0.05) is 0 Å². The van der Waals surface area contributed by atoms with Crippen LogP contribution >= 0.6 is 15.9 Å². The minimum atomic E-state index is 0.179. The second kappa shape index (κ2) is 6.70. The van der Waals surface area contributed by atoms with Crippen LogP contribution in [0.15, 0.2) is 16.9 Å². The van der Waals surface area contributed by atoms with Crippen molar-refractivity contribution in [1.29, 1.82) is 0 Å². The summed E-state index contributed by atoms with van der Waals surface area (Å²) in [6.45, 7) is 4.76. The van der Waals surface area contributed by atoms with Gasteiger partial charge in [0.15, 0.2) is 0 Å². The Morgan fingerprint density at radius 1 is 1.23 bits per heavy atom. The molecule has 3 rings (SSSR count). The number of hydrogen-bond acceptors (Lipinski definition) is 6. The van der Waals surface area contributed by atoms with Crippen molar-refractivity contribution in [3.63, 3.8) is 0 Å². The molecule has 0 spiro atoms. The van der Waals surface area contributed by atoms with Gasteiger partial charge in [0, 0.05) is 32.5 Å². The lowest BCUT2D eigenvalue weighted by atomic mass is 10.1. The first-order valence-electron chi connectivity index (χ1n) is 7.33. The molecule has 2 aromatic heterocycles. The molecule has 7 nitrogen and oxygen atoms in total. The standard InChI is InChI=1S/C14H19BrN6O/c1-10-18-19-13(20(10)2)9-21-5-3-12(4-6-21)22-14-16-7-11(15)8-17-14/h7-8,12H,3-6,9H2,1-2H3. The molecule has 1 saturated heterocycles. The van der Waals surface area contributed by atoms with Gasteiger partial charge < -0.3 is 9.30 Å². The highest BCUT2D eigenvalue weighted by atomic mass is 79.9. The summed E-state index contributed by atoms with van der Waals surface area (Å²) in [6, 6.07) is 0.450. The fourth-order valence-corrected chi connectivity index (χ4v) is 2.69. The summed E-state index contributed by atoms with van der Waals surface area (Å²) in [5, 5.41) is 8.32. The SMILES string of the molecule is Cc1nnc(CN2CCC(Oc3ncc(Br)cn3)CC2)n1C. The third-order valence-corrected chi connectivity index (χ3v) is 4.36. The molecule has 0 aliphatic carbocycles. The van der Waals surface area contributed by atoms with E-state index in [0.29, 0.717) is 6.01 Å². The first kappa shape index (κ1) is 15.4. The number of ether oxygens (including phenoxy) is 1. The van der Waals surface area contributed by atoms with Gasteiger partial charge in [0.1, 0.15) is 17.8 Å². The van der Waals surface area contributed by atoms with Gasteiger partial charge in [-0.15, -0.1) is 10.2 Å². The van der Waals surface area contributed by atoms with Crippen LogP contribution in [-0.2, 0) is 13.6 Å². The third kappa shape index (κ3) is 3.61. The fourth-order valence-electron chi connectivity index (χ4n) is 2.48. The molecule has 0 bridgehead atoms. The Morgan fingerprint density at radius 3 is 2.50 bits per heavy atom. The summed E-state index contributed by atoms with van der Waals surface area (Å²) >= 11 is 3.32. The molecule has 22 heavy (non-hydrogen) atoms. The van der Waals surface area contributed by atoms with E-state index in [4.69, 9.17) is 4.74 Å². The van der Waals surface area contributed by atoms with Crippen LogP contribution in [0.2, 0.25) is 0 Å². The first-order valence-corrected chi connectivity index (χ1v) is 8.12. The van der Waals surface area contributed by atoms with Gasteiger partial charge in [0.2, 0.25) is 0 Å². The maximum absolute atomic E-state index is 5.83. The number of hydrogen-bond donors (Lipinski definition) is 0. The van der Waals surface area contributed by atoms with Gasteiger partial charge in [-0.05, 0) is 35.7 Å². The van der Waals surface area contributed by atoms with E-state index < -0.39 is 0 Å². The monoisotopic (exact) mass is 366 g/mol. The highest BCUT2D eigenvalue weighted by Gasteiger charge is 2.22. The predicted octanol–water partition coefficient (Wildman–Crippen LogP) is 1.72. The van der Waals surface area contributed by atoms with Crippen molar-refractivity contribution in [3.05, 3.63) is 28.5 Å². The van der Waals surface area contributed by atoms with E-state index in [-0.39, 0.29) is 6.10 Å².